The topological polar surface area (TPSA) is 199 Å². The zero-order chi connectivity index (χ0) is 23.2. The molecule has 3 unspecified atom stereocenters. The quantitative estimate of drug-likeness (QED) is 0.134. The largest absolute Gasteiger partial charge is 0.477 e. The van der Waals surface area contributed by atoms with E-state index in [1.807, 2.05) is 0 Å². The number of thiazole rings is 1. The van der Waals surface area contributed by atoms with Crippen molar-refractivity contribution in [3.05, 3.63) is 22.3 Å². The van der Waals surface area contributed by atoms with Crippen LogP contribution in [0.5, 0.6) is 0 Å². The Morgan fingerprint density at radius 3 is 2.59 bits per heavy atom. The molecule has 15 heteroatoms. The molecular formula is C17H18N6O7S2. The number of hydrogen-bond acceptors (Lipinski definition) is 11. The van der Waals surface area contributed by atoms with Crippen LogP contribution >= 0.6 is 23.1 Å². The summed E-state index contributed by atoms with van der Waals surface area (Å²) < 4.78 is 0. The van der Waals surface area contributed by atoms with Gasteiger partial charge in [0.1, 0.15) is 22.8 Å². The standard InChI is InChI=1S/C17H18N6O7S2/c18-17-19-7(5-32-17)8(21-30)12(25)20-9-13(26)23-10(16(28)29)6(4-31-15(9)23)11(24)14(27)22-2-1-3-22/h5,9,11,15,24,30H,1-4H2,(H2,18,19)(H,20,25)(H,28,29)/b21-8-. The highest BCUT2D eigenvalue weighted by molar-refractivity contribution is 8.00. The van der Waals surface area contributed by atoms with Gasteiger partial charge in [0.05, 0.1) is 0 Å². The number of hydrogen-bond donors (Lipinski definition) is 5. The Morgan fingerprint density at radius 2 is 2.06 bits per heavy atom. The monoisotopic (exact) mass is 482 g/mol. The number of likely N-dealkylation sites (tertiary alicyclic amines) is 1. The smallest absolute Gasteiger partial charge is 0.352 e. The molecule has 0 spiro atoms. The number of carboxylic acid groups (broad SMARTS) is 1. The number of nitrogens with zero attached hydrogens (tertiary/aromatic N) is 4. The number of nitrogens with two attached hydrogens (primary N) is 1. The molecule has 0 radical (unpaired) electrons. The van der Waals surface area contributed by atoms with Crippen LogP contribution in [0.1, 0.15) is 12.1 Å². The predicted octanol–water partition coefficient (Wildman–Crippen LogP) is -1.76. The highest BCUT2D eigenvalue weighted by Crippen LogP contribution is 2.41. The zero-order valence-corrected chi connectivity index (χ0v) is 17.9. The number of anilines is 1. The van der Waals surface area contributed by atoms with Crippen LogP contribution in [0.4, 0.5) is 5.13 Å². The molecule has 0 aliphatic carbocycles. The number of nitrogen functional groups attached to an aromatic ring is 1. The summed E-state index contributed by atoms with van der Waals surface area (Å²) in [5.41, 5.74) is 4.56. The summed E-state index contributed by atoms with van der Waals surface area (Å²) in [6, 6.07) is -1.10. The van der Waals surface area contributed by atoms with Crippen LogP contribution in [-0.2, 0) is 19.2 Å². The fourth-order valence-corrected chi connectivity index (χ4v) is 5.46. The number of amides is 3. The van der Waals surface area contributed by atoms with Crippen molar-refractivity contribution < 1.29 is 34.6 Å². The van der Waals surface area contributed by atoms with Crippen molar-refractivity contribution in [2.24, 2.45) is 5.16 Å². The summed E-state index contributed by atoms with van der Waals surface area (Å²) in [5.74, 6) is -3.71. The first-order valence-corrected chi connectivity index (χ1v) is 11.3. The molecule has 2 fully saturated rings. The van der Waals surface area contributed by atoms with Crippen molar-refractivity contribution >= 4 is 57.6 Å². The average molecular weight is 483 g/mol. The predicted molar refractivity (Wildman–Crippen MR) is 112 cm³/mol. The van der Waals surface area contributed by atoms with Gasteiger partial charge >= 0.3 is 5.97 Å². The number of aliphatic carboxylic acids is 1. The lowest BCUT2D eigenvalue weighted by atomic mass is 9.99. The lowest BCUT2D eigenvalue weighted by Gasteiger charge is -2.49. The third-order valence-electron chi connectivity index (χ3n) is 5.30. The third kappa shape index (κ3) is 3.57. The Balaban J connectivity index is 1.52. The number of fused-ring (bicyclic) bond motifs is 1. The molecule has 3 aliphatic heterocycles. The maximum Gasteiger partial charge on any atom is 0.352 e. The van der Waals surface area contributed by atoms with Crippen LogP contribution in [0.3, 0.4) is 0 Å². The molecule has 3 amide bonds. The normalized spacial score (nSPS) is 23.8. The maximum atomic E-state index is 12.7. The number of nitrogens with one attached hydrogen (secondary N) is 1. The van der Waals surface area contributed by atoms with Gasteiger partial charge in [0.2, 0.25) is 0 Å². The highest BCUT2D eigenvalue weighted by Gasteiger charge is 2.55. The molecule has 3 aliphatic rings. The molecule has 6 N–H and O–H groups in total. The van der Waals surface area contributed by atoms with Gasteiger partial charge in [-0.2, -0.15) is 0 Å². The van der Waals surface area contributed by atoms with Gasteiger partial charge < -0.3 is 31.4 Å². The number of carboxylic acids is 1. The van der Waals surface area contributed by atoms with Gasteiger partial charge in [-0.15, -0.1) is 23.1 Å². The molecule has 4 rings (SSSR count). The van der Waals surface area contributed by atoms with E-state index < -0.39 is 52.6 Å². The minimum Gasteiger partial charge on any atom is -0.477 e. The van der Waals surface area contributed by atoms with Crippen LogP contribution in [0.25, 0.3) is 0 Å². The fraction of sp³-hybridized carbons (Fsp3) is 0.412. The number of thioether (sulfide) groups is 1. The van der Waals surface area contributed by atoms with Crippen LogP contribution in [0, 0.1) is 0 Å². The Bertz CT molecular complexity index is 1070. The van der Waals surface area contributed by atoms with Gasteiger partial charge in [0, 0.05) is 29.8 Å². The molecule has 3 atom stereocenters. The van der Waals surface area contributed by atoms with E-state index in [1.165, 1.54) is 10.3 Å². The summed E-state index contributed by atoms with van der Waals surface area (Å²) in [7, 11) is 0. The van der Waals surface area contributed by atoms with Crippen molar-refractivity contribution in [3.63, 3.8) is 0 Å². The van der Waals surface area contributed by atoms with E-state index in [0.717, 1.165) is 34.4 Å². The number of carbonyl (C=O) groups is 4. The van der Waals surface area contributed by atoms with E-state index >= 15 is 0 Å². The SMILES string of the molecule is Nc1nc(/C(=N/O)C(=O)NC2C(=O)N3C(C(=O)O)=C(C(O)C(=O)N4CCC4)CSC23)cs1. The van der Waals surface area contributed by atoms with E-state index in [4.69, 9.17) is 5.73 Å². The summed E-state index contributed by atoms with van der Waals surface area (Å²) in [5, 5.41) is 35.5. The molecule has 0 aromatic carbocycles. The lowest BCUT2D eigenvalue weighted by molar-refractivity contribution is -0.150. The molecule has 170 valence electrons. The second-order valence-corrected chi connectivity index (χ2v) is 9.14. The van der Waals surface area contributed by atoms with Gasteiger partial charge in [0.15, 0.2) is 16.9 Å². The van der Waals surface area contributed by atoms with Crippen molar-refractivity contribution in [3.8, 4) is 0 Å². The molecule has 2 saturated heterocycles. The number of aromatic nitrogens is 1. The van der Waals surface area contributed by atoms with E-state index in [0.29, 0.717) is 13.1 Å². The molecular weight excluding hydrogens is 464 g/mol. The van der Waals surface area contributed by atoms with Crippen LogP contribution < -0.4 is 11.1 Å². The second-order valence-electron chi connectivity index (χ2n) is 7.14. The third-order valence-corrected chi connectivity index (χ3v) is 7.27. The van der Waals surface area contributed by atoms with Gasteiger partial charge in [-0.05, 0) is 6.42 Å². The van der Waals surface area contributed by atoms with Crippen molar-refractivity contribution in [2.75, 3.05) is 24.6 Å². The van der Waals surface area contributed by atoms with E-state index in [9.17, 15) is 34.6 Å². The lowest BCUT2D eigenvalue weighted by Crippen LogP contribution is -2.71. The molecule has 1 aromatic rings. The Labute approximate surface area is 188 Å². The summed E-state index contributed by atoms with van der Waals surface area (Å²) in [6.07, 6.45) is -0.863. The van der Waals surface area contributed by atoms with E-state index in [1.54, 1.807) is 0 Å². The number of oxime groups is 1. The summed E-state index contributed by atoms with van der Waals surface area (Å²) in [6.45, 7) is 0.967. The van der Waals surface area contributed by atoms with Gasteiger partial charge in [-0.3, -0.25) is 19.3 Å². The molecule has 32 heavy (non-hydrogen) atoms. The zero-order valence-electron chi connectivity index (χ0n) is 16.3. The van der Waals surface area contributed by atoms with Crippen molar-refractivity contribution in [1.29, 1.82) is 0 Å². The van der Waals surface area contributed by atoms with Crippen molar-refractivity contribution in [2.45, 2.75) is 23.9 Å². The first-order valence-electron chi connectivity index (χ1n) is 9.36. The number of carbonyl (C=O) groups excluding carboxylic acids is 3. The Morgan fingerprint density at radius 1 is 1.34 bits per heavy atom. The molecule has 0 bridgehead atoms. The minimum atomic E-state index is -1.67. The van der Waals surface area contributed by atoms with E-state index in [2.05, 4.69) is 15.5 Å². The average Bonchev–Trinajstić information content (AvgIpc) is 3.15. The van der Waals surface area contributed by atoms with Gasteiger partial charge in [-0.25, -0.2) is 9.78 Å². The maximum absolute atomic E-state index is 12.7. The molecule has 1 aromatic heterocycles. The minimum absolute atomic E-state index is 0.0211. The fourth-order valence-electron chi connectivity index (χ4n) is 3.53. The highest BCUT2D eigenvalue weighted by atomic mass is 32.2. The summed E-state index contributed by atoms with van der Waals surface area (Å²) >= 11 is 2.13. The second kappa shape index (κ2) is 8.40. The van der Waals surface area contributed by atoms with Crippen LogP contribution in [0.15, 0.2) is 21.8 Å². The molecule has 13 nitrogen and oxygen atoms in total. The number of β-lactam (4-membered cyclic amide) rings is 1. The first-order chi connectivity index (χ1) is 15.2. The number of aliphatic hydroxyl groups is 1. The van der Waals surface area contributed by atoms with E-state index in [-0.39, 0.29) is 22.2 Å². The Kier molecular flexibility index (Phi) is 5.79. The van der Waals surface area contributed by atoms with Gasteiger partial charge in [0.25, 0.3) is 17.7 Å². The van der Waals surface area contributed by atoms with Crippen molar-refractivity contribution in [1.82, 2.24) is 20.1 Å². The molecule has 0 saturated carbocycles. The van der Waals surface area contributed by atoms with Crippen LogP contribution in [0.2, 0.25) is 0 Å². The van der Waals surface area contributed by atoms with Crippen LogP contribution in [-0.4, -0.2) is 96.0 Å². The number of rotatable bonds is 6. The number of aliphatic hydroxyl groups excluding tert-OH is 1. The summed E-state index contributed by atoms with van der Waals surface area (Å²) in [4.78, 5) is 55.7. The molecule has 4 heterocycles. The van der Waals surface area contributed by atoms with Gasteiger partial charge in [-0.1, -0.05) is 5.16 Å². The first kappa shape index (κ1) is 22.0. The Hall–Kier alpha value is -3.17.